The van der Waals surface area contributed by atoms with Gasteiger partial charge in [-0.3, -0.25) is 4.79 Å². The number of ether oxygens (including phenoxy) is 3. The van der Waals surface area contributed by atoms with Crippen molar-refractivity contribution in [2.45, 2.75) is 0 Å². The normalized spacial score (nSPS) is 12.6. The van der Waals surface area contributed by atoms with Crippen LogP contribution in [-0.4, -0.2) is 26.2 Å². The van der Waals surface area contributed by atoms with E-state index in [1.807, 2.05) is 0 Å². The summed E-state index contributed by atoms with van der Waals surface area (Å²) in [5, 5.41) is 3.40. The number of anilines is 1. The molecule has 2 aromatic rings. The maximum absolute atomic E-state index is 12.4. The maximum atomic E-state index is 12.4. The zero-order chi connectivity index (χ0) is 15.5. The molecule has 0 atom stereocenters. The minimum atomic E-state index is -0.266. The molecule has 0 bridgehead atoms. The van der Waals surface area contributed by atoms with Gasteiger partial charge in [0, 0.05) is 16.3 Å². The molecular formula is C16H14ClNO4. The Bertz CT molecular complexity index is 683. The van der Waals surface area contributed by atoms with Crippen molar-refractivity contribution in [3.05, 3.63) is 47.0 Å². The van der Waals surface area contributed by atoms with E-state index in [0.29, 0.717) is 46.7 Å². The molecule has 0 fully saturated rings. The van der Waals surface area contributed by atoms with Gasteiger partial charge in [-0.2, -0.15) is 0 Å². The van der Waals surface area contributed by atoms with E-state index in [1.165, 1.54) is 7.11 Å². The van der Waals surface area contributed by atoms with Crippen LogP contribution >= 0.6 is 11.6 Å². The van der Waals surface area contributed by atoms with Crippen molar-refractivity contribution in [3.8, 4) is 17.2 Å². The van der Waals surface area contributed by atoms with Gasteiger partial charge in [0.1, 0.15) is 13.2 Å². The lowest BCUT2D eigenvalue weighted by Crippen LogP contribution is -2.18. The van der Waals surface area contributed by atoms with Crippen molar-refractivity contribution in [3.63, 3.8) is 0 Å². The van der Waals surface area contributed by atoms with Crippen LogP contribution in [0.1, 0.15) is 10.4 Å². The minimum Gasteiger partial charge on any atom is -0.493 e. The van der Waals surface area contributed by atoms with Crippen molar-refractivity contribution < 1.29 is 19.0 Å². The average molecular weight is 320 g/mol. The first-order valence-corrected chi connectivity index (χ1v) is 7.10. The standard InChI is InChI=1S/C16H14ClNO4/c1-20-13-8-10(9-14-15(13)22-7-6-21-14)16(19)18-12-4-2-11(17)3-5-12/h2-5,8-9H,6-7H2,1H3,(H,18,19). The Hall–Kier alpha value is -2.40. The van der Waals surface area contributed by atoms with Gasteiger partial charge in [-0.15, -0.1) is 0 Å². The highest BCUT2D eigenvalue weighted by Crippen LogP contribution is 2.40. The first-order valence-electron chi connectivity index (χ1n) is 6.72. The molecule has 0 unspecified atom stereocenters. The summed E-state index contributed by atoms with van der Waals surface area (Å²) in [5.41, 5.74) is 1.08. The number of halogens is 1. The second kappa shape index (κ2) is 6.15. The highest BCUT2D eigenvalue weighted by Gasteiger charge is 2.20. The number of hydrogen-bond acceptors (Lipinski definition) is 4. The Kier molecular flexibility index (Phi) is 4.06. The topological polar surface area (TPSA) is 56.8 Å². The Morgan fingerprint density at radius 1 is 1.18 bits per heavy atom. The molecule has 1 N–H and O–H groups in total. The fraction of sp³-hybridized carbons (Fsp3) is 0.188. The number of carbonyl (C=O) groups excluding carboxylic acids is 1. The highest BCUT2D eigenvalue weighted by molar-refractivity contribution is 6.30. The molecule has 6 heteroatoms. The summed E-state index contributed by atoms with van der Waals surface area (Å²) in [4.78, 5) is 12.4. The van der Waals surface area contributed by atoms with Crippen LogP contribution in [-0.2, 0) is 0 Å². The third kappa shape index (κ3) is 2.94. The summed E-state index contributed by atoms with van der Waals surface area (Å²) >= 11 is 5.82. The van der Waals surface area contributed by atoms with Crippen LogP contribution < -0.4 is 19.5 Å². The van der Waals surface area contributed by atoms with Crippen LogP contribution in [0.15, 0.2) is 36.4 Å². The van der Waals surface area contributed by atoms with Crippen LogP contribution in [0.5, 0.6) is 17.2 Å². The van der Waals surface area contributed by atoms with Crippen LogP contribution in [0.4, 0.5) is 5.69 Å². The Morgan fingerprint density at radius 3 is 2.64 bits per heavy atom. The predicted molar refractivity (Wildman–Crippen MR) is 83.4 cm³/mol. The molecule has 0 aromatic heterocycles. The number of rotatable bonds is 3. The molecule has 0 aliphatic carbocycles. The van der Waals surface area contributed by atoms with Gasteiger partial charge < -0.3 is 19.5 Å². The monoisotopic (exact) mass is 319 g/mol. The molecule has 0 saturated carbocycles. The first-order chi connectivity index (χ1) is 10.7. The third-order valence-electron chi connectivity index (χ3n) is 3.19. The lowest BCUT2D eigenvalue weighted by molar-refractivity contribution is 0.102. The van der Waals surface area contributed by atoms with Gasteiger partial charge in [0.15, 0.2) is 11.5 Å². The van der Waals surface area contributed by atoms with Crippen molar-refractivity contribution in [2.75, 3.05) is 25.6 Å². The van der Waals surface area contributed by atoms with Gasteiger partial charge >= 0.3 is 0 Å². The highest BCUT2D eigenvalue weighted by atomic mass is 35.5. The molecular weight excluding hydrogens is 306 g/mol. The van der Waals surface area contributed by atoms with Crippen LogP contribution in [0.3, 0.4) is 0 Å². The number of methoxy groups -OCH3 is 1. The molecule has 1 heterocycles. The number of fused-ring (bicyclic) bond motifs is 1. The maximum Gasteiger partial charge on any atom is 0.255 e. The average Bonchev–Trinajstić information content (AvgIpc) is 2.55. The molecule has 1 amide bonds. The smallest absolute Gasteiger partial charge is 0.255 e. The van der Waals surface area contributed by atoms with Gasteiger partial charge in [0.2, 0.25) is 5.75 Å². The summed E-state index contributed by atoms with van der Waals surface area (Å²) in [5.74, 6) is 1.24. The van der Waals surface area contributed by atoms with Gasteiger partial charge in [-0.1, -0.05) is 11.6 Å². The molecule has 1 aliphatic rings. The molecule has 114 valence electrons. The number of carbonyl (C=O) groups is 1. The quantitative estimate of drug-likeness (QED) is 0.942. The molecule has 22 heavy (non-hydrogen) atoms. The molecule has 0 radical (unpaired) electrons. The zero-order valence-corrected chi connectivity index (χ0v) is 12.6. The van der Waals surface area contributed by atoms with Crippen molar-refractivity contribution in [1.29, 1.82) is 0 Å². The van der Waals surface area contributed by atoms with E-state index < -0.39 is 0 Å². The Balaban J connectivity index is 1.87. The third-order valence-corrected chi connectivity index (χ3v) is 3.44. The van der Waals surface area contributed by atoms with E-state index in [1.54, 1.807) is 36.4 Å². The van der Waals surface area contributed by atoms with Crippen molar-refractivity contribution >= 4 is 23.2 Å². The minimum absolute atomic E-state index is 0.266. The summed E-state index contributed by atoms with van der Waals surface area (Å²) in [6.45, 7) is 0.901. The fourth-order valence-electron chi connectivity index (χ4n) is 2.14. The van der Waals surface area contributed by atoms with E-state index in [0.717, 1.165) is 0 Å². The summed E-state index contributed by atoms with van der Waals surface area (Å²) < 4.78 is 16.3. The second-order valence-corrected chi connectivity index (χ2v) is 5.10. The number of hydrogen-bond donors (Lipinski definition) is 1. The lowest BCUT2D eigenvalue weighted by Gasteiger charge is -2.21. The van der Waals surface area contributed by atoms with E-state index in [9.17, 15) is 4.79 Å². The molecule has 0 spiro atoms. The molecule has 5 nitrogen and oxygen atoms in total. The number of amides is 1. The SMILES string of the molecule is COc1cc(C(=O)Nc2ccc(Cl)cc2)cc2c1OCCO2. The van der Waals surface area contributed by atoms with E-state index in [2.05, 4.69) is 5.32 Å². The van der Waals surface area contributed by atoms with Gasteiger partial charge in [0.05, 0.1) is 7.11 Å². The van der Waals surface area contributed by atoms with E-state index in [4.69, 9.17) is 25.8 Å². The second-order valence-electron chi connectivity index (χ2n) is 4.66. The largest absolute Gasteiger partial charge is 0.493 e. The number of nitrogens with one attached hydrogen (secondary N) is 1. The van der Waals surface area contributed by atoms with Gasteiger partial charge in [-0.25, -0.2) is 0 Å². The van der Waals surface area contributed by atoms with E-state index >= 15 is 0 Å². The first kappa shape index (κ1) is 14.5. The molecule has 3 rings (SSSR count). The molecule has 0 saturated heterocycles. The Morgan fingerprint density at radius 2 is 1.91 bits per heavy atom. The Labute approximate surface area is 132 Å². The van der Waals surface area contributed by atoms with Gasteiger partial charge in [-0.05, 0) is 36.4 Å². The molecule has 1 aliphatic heterocycles. The summed E-state index contributed by atoms with van der Waals surface area (Å²) in [6, 6.07) is 10.1. The molecule has 2 aromatic carbocycles. The lowest BCUT2D eigenvalue weighted by atomic mass is 10.1. The van der Waals surface area contributed by atoms with Crippen molar-refractivity contribution in [1.82, 2.24) is 0 Å². The number of benzene rings is 2. The van der Waals surface area contributed by atoms with Crippen LogP contribution in [0.25, 0.3) is 0 Å². The van der Waals surface area contributed by atoms with E-state index in [-0.39, 0.29) is 5.91 Å². The van der Waals surface area contributed by atoms with Gasteiger partial charge in [0.25, 0.3) is 5.91 Å². The zero-order valence-electron chi connectivity index (χ0n) is 11.9. The van der Waals surface area contributed by atoms with Crippen LogP contribution in [0, 0.1) is 0 Å². The predicted octanol–water partition coefficient (Wildman–Crippen LogP) is 3.37. The fourth-order valence-corrected chi connectivity index (χ4v) is 2.27. The summed E-state index contributed by atoms with van der Waals surface area (Å²) in [6.07, 6.45) is 0. The summed E-state index contributed by atoms with van der Waals surface area (Å²) in [7, 11) is 1.52. The van der Waals surface area contributed by atoms with Crippen LogP contribution in [0.2, 0.25) is 5.02 Å². The van der Waals surface area contributed by atoms with Crippen molar-refractivity contribution in [2.24, 2.45) is 0 Å².